The van der Waals surface area contributed by atoms with Gasteiger partial charge in [0.25, 0.3) is 0 Å². The van der Waals surface area contributed by atoms with Crippen LogP contribution in [0, 0.1) is 0 Å². The van der Waals surface area contributed by atoms with Gasteiger partial charge >= 0.3 is 0 Å². The molecule has 0 spiro atoms. The molecule has 0 aliphatic heterocycles. The molecular weight excluding hydrogens is 262 g/mol. The maximum absolute atomic E-state index is 9.58. The van der Waals surface area contributed by atoms with E-state index in [1.165, 1.54) is 64.2 Å². The van der Waals surface area contributed by atoms with Crippen molar-refractivity contribution < 1.29 is 10.2 Å². The predicted molar refractivity (Wildman–Crippen MR) is 91.5 cm³/mol. The van der Waals surface area contributed by atoms with E-state index in [1.54, 1.807) is 0 Å². The first kappa shape index (κ1) is 20.5. The van der Waals surface area contributed by atoms with Gasteiger partial charge in [0.2, 0.25) is 0 Å². The quantitative estimate of drug-likeness (QED) is 0.299. The Labute approximate surface area is 131 Å². The van der Waals surface area contributed by atoms with Crippen molar-refractivity contribution in [3.8, 4) is 0 Å². The monoisotopic (exact) mass is 299 g/mol. The zero-order valence-electron chi connectivity index (χ0n) is 14.0. The van der Waals surface area contributed by atoms with Gasteiger partial charge in [-0.25, -0.2) is 0 Å². The summed E-state index contributed by atoms with van der Waals surface area (Å²) >= 11 is 0. The smallest absolute Gasteiger partial charge is 0.0899 e. The number of unbranched alkanes of at least 4 members (excludes halogenated alkanes) is 11. The first-order valence-electron chi connectivity index (χ1n) is 8.95. The van der Waals surface area contributed by atoms with Crippen LogP contribution in [-0.4, -0.2) is 22.9 Å². The highest BCUT2D eigenvalue weighted by Crippen LogP contribution is 2.12. The summed E-state index contributed by atoms with van der Waals surface area (Å²) in [6, 6.07) is -0.335. The lowest BCUT2D eigenvalue weighted by molar-refractivity contribution is 0.251. The number of aliphatic hydroxyl groups is 2. The van der Waals surface area contributed by atoms with Gasteiger partial charge in [-0.05, 0) is 18.9 Å². The predicted octanol–water partition coefficient (Wildman–Crippen LogP) is 4.84. The van der Waals surface area contributed by atoms with Gasteiger partial charge in [0.1, 0.15) is 0 Å². The second-order valence-corrected chi connectivity index (χ2v) is 6.17. The summed E-state index contributed by atoms with van der Waals surface area (Å²) in [6.45, 7) is 2.19. The summed E-state index contributed by atoms with van der Waals surface area (Å²) in [4.78, 5) is 0. The molecular formula is C18H37NO2. The van der Waals surface area contributed by atoms with E-state index >= 15 is 0 Å². The van der Waals surface area contributed by atoms with E-state index in [9.17, 15) is 5.11 Å². The number of aliphatic hydroxyl groups excluding tert-OH is 2. The highest BCUT2D eigenvalue weighted by molar-refractivity contribution is 4.93. The van der Waals surface area contributed by atoms with Gasteiger partial charge in [-0.1, -0.05) is 71.1 Å². The summed E-state index contributed by atoms with van der Waals surface area (Å²) in [5.41, 5.74) is 5.56. The Morgan fingerprint density at radius 1 is 0.905 bits per heavy atom. The summed E-state index contributed by atoms with van der Waals surface area (Å²) in [7, 11) is 0. The highest BCUT2D eigenvalue weighted by Gasteiger charge is 2.02. The van der Waals surface area contributed by atoms with E-state index in [1.807, 2.05) is 6.08 Å². The van der Waals surface area contributed by atoms with E-state index in [0.717, 1.165) is 12.8 Å². The maximum Gasteiger partial charge on any atom is 0.0899 e. The third-order valence-corrected chi connectivity index (χ3v) is 3.89. The highest BCUT2D eigenvalue weighted by atomic mass is 16.3. The van der Waals surface area contributed by atoms with Crippen LogP contribution in [0.5, 0.6) is 0 Å². The molecule has 21 heavy (non-hydrogen) atoms. The fourth-order valence-corrected chi connectivity index (χ4v) is 2.49. The van der Waals surface area contributed by atoms with Crippen molar-refractivity contribution in [3.63, 3.8) is 0 Å². The Hall–Kier alpha value is -0.540. The number of nitrogens with two attached hydrogens (primary N) is 1. The Morgan fingerprint density at radius 3 is 1.86 bits per heavy atom. The first-order valence-corrected chi connectivity index (χ1v) is 8.95. The summed E-state index contributed by atoms with van der Waals surface area (Å²) < 4.78 is 0. The fraction of sp³-hybridized carbons (Fsp3) is 0.889. The van der Waals surface area contributed by atoms with Crippen molar-refractivity contribution >= 4 is 0 Å². The van der Waals surface area contributed by atoms with Crippen LogP contribution in [-0.2, 0) is 0 Å². The van der Waals surface area contributed by atoms with E-state index < -0.39 is 0 Å². The third kappa shape index (κ3) is 15.7. The van der Waals surface area contributed by atoms with E-state index in [2.05, 4.69) is 6.92 Å². The average molecular weight is 299 g/mol. The fourth-order valence-electron chi connectivity index (χ4n) is 2.49. The lowest BCUT2D eigenvalue weighted by atomic mass is 10.0. The summed E-state index contributed by atoms with van der Waals surface area (Å²) in [5.74, 6) is 0.323. The standard InChI is InChI=1S/C18H37NO2/c1-2-3-4-5-6-7-8-9-10-11-12-13-14-18(21)15-17(19)16-20/h14,17,20-21H,2-13,15-16,19H2,1H3/b18-14-. The molecule has 0 aliphatic rings. The molecule has 0 fully saturated rings. The van der Waals surface area contributed by atoms with Crippen LogP contribution in [0.3, 0.4) is 0 Å². The lowest BCUT2D eigenvalue weighted by Gasteiger charge is -2.06. The number of allylic oxidation sites excluding steroid dienone is 1. The molecule has 0 heterocycles. The van der Waals surface area contributed by atoms with Crippen LogP contribution in [0.15, 0.2) is 11.8 Å². The molecule has 3 heteroatoms. The second kappa shape index (κ2) is 15.8. The van der Waals surface area contributed by atoms with Crippen molar-refractivity contribution in [2.24, 2.45) is 5.73 Å². The largest absolute Gasteiger partial charge is 0.513 e. The molecule has 126 valence electrons. The molecule has 0 saturated heterocycles. The van der Waals surface area contributed by atoms with Crippen LogP contribution < -0.4 is 5.73 Å². The molecule has 0 saturated carbocycles. The molecule has 0 rings (SSSR count). The first-order chi connectivity index (χ1) is 10.2. The molecule has 0 aliphatic carbocycles. The molecule has 1 atom stereocenters. The Kier molecular flexibility index (Phi) is 15.4. The van der Waals surface area contributed by atoms with Gasteiger partial charge in [-0.15, -0.1) is 0 Å². The second-order valence-electron chi connectivity index (χ2n) is 6.17. The molecule has 0 bridgehead atoms. The van der Waals surface area contributed by atoms with E-state index in [4.69, 9.17) is 10.8 Å². The minimum Gasteiger partial charge on any atom is -0.513 e. The van der Waals surface area contributed by atoms with Gasteiger partial charge in [0.15, 0.2) is 0 Å². The minimum absolute atomic E-state index is 0.0731. The number of rotatable bonds is 15. The van der Waals surface area contributed by atoms with Crippen molar-refractivity contribution in [1.82, 2.24) is 0 Å². The minimum atomic E-state index is -0.335. The van der Waals surface area contributed by atoms with Crippen LogP contribution in [0.4, 0.5) is 0 Å². The molecule has 0 aromatic carbocycles. The van der Waals surface area contributed by atoms with Crippen molar-refractivity contribution in [3.05, 3.63) is 11.8 Å². The van der Waals surface area contributed by atoms with Gasteiger partial charge < -0.3 is 15.9 Å². The summed E-state index contributed by atoms with van der Waals surface area (Å²) in [6.07, 6.45) is 17.9. The summed E-state index contributed by atoms with van der Waals surface area (Å²) in [5, 5.41) is 18.4. The SMILES string of the molecule is CCCCCCCCCCCCC/C=C(\O)CC(N)CO. The van der Waals surface area contributed by atoms with Crippen LogP contribution in [0.1, 0.15) is 90.4 Å². The van der Waals surface area contributed by atoms with Gasteiger partial charge in [0, 0.05) is 12.5 Å². The van der Waals surface area contributed by atoms with Crippen LogP contribution in [0.25, 0.3) is 0 Å². The average Bonchev–Trinajstić information content (AvgIpc) is 2.48. The zero-order valence-corrected chi connectivity index (χ0v) is 14.0. The van der Waals surface area contributed by atoms with Crippen molar-refractivity contribution in [2.45, 2.75) is 96.4 Å². The number of hydrogen-bond donors (Lipinski definition) is 3. The molecule has 0 amide bonds. The topological polar surface area (TPSA) is 66.5 Å². The zero-order chi connectivity index (χ0) is 15.8. The van der Waals surface area contributed by atoms with Crippen molar-refractivity contribution in [1.29, 1.82) is 0 Å². The van der Waals surface area contributed by atoms with Crippen molar-refractivity contribution in [2.75, 3.05) is 6.61 Å². The van der Waals surface area contributed by atoms with Crippen LogP contribution in [0.2, 0.25) is 0 Å². The third-order valence-electron chi connectivity index (χ3n) is 3.89. The lowest BCUT2D eigenvalue weighted by Crippen LogP contribution is -2.24. The Bertz CT molecular complexity index is 241. The molecule has 3 nitrogen and oxygen atoms in total. The maximum atomic E-state index is 9.58. The van der Waals surface area contributed by atoms with Crippen LogP contribution >= 0.6 is 0 Å². The van der Waals surface area contributed by atoms with Gasteiger partial charge in [-0.2, -0.15) is 0 Å². The Morgan fingerprint density at radius 2 is 1.38 bits per heavy atom. The number of hydrogen-bond acceptors (Lipinski definition) is 3. The molecule has 4 N–H and O–H groups in total. The van der Waals surface area contributed by atoms with E-state index in [-0.39, 0.29) is 12.6 Å². The molecule has 0 aromatic heterocycles. The molecule has 0 aromatic rings. The van der Waals surface area contributed by atoms with E-state index in [0.29, 0.717) is 12.2 Å². The molecule has 0 radical (unpaired) electrons. The normalized spacial score (nSPS) is 13.6. The van der Waals surface area contributed by atoms with Gasteiger partial charge in [-0.3, -0.25) is 0 Å². The Balaban J connectivity index is 3.23. The van der Waals surface area contributed by atoms with Gasteiger partial charge in [0.05, 0.1) is 12.4 Å². The molecule has 1 unspecified atom stereocenters.